The Hall–Kier alpha value is -2.28. The SMILES string of the molecule is O=C(CCc1ncc(-c2ccc(F)cc2F)o1)N1CCCNCC1. The van der Waals surface area contributed by atoms with E-state index in [1.54, 1.807) is 0 Å². The summed E-state index contributed by atoms with van der Waals surface area (Å²) < 4.78 is 32.2. The van der Waals surface area contributed by atoms with Crippen LogP contribution in [0.25, 0.3) is 11.3 Å². The van der Waals surface area contributed by atoms with Crippen molar-refractivity contribution in [2.45, 2.75) is 19.3 Å². The molecule has 0 unspecified atom stereocenters. The van der Waals surface area contributed by atoms with Gasteiger partial charge in [0, 0.05) is 38.5 Å². The molecule has 0 atom stereocenters. The van der Waals surface area contributed by atoms with E-state index in [0.29, 0.717) is 25.3 Å². The van der Waals surface area contributed by atoms with Gasteiger partial charge in [0.25, 0.3) is 0 Å². The highest BCUT2D eigenvalue weighted by atomic mass is 19.1. The highest BCUT2D eigenvalue weighted by molar-refractivity contribution is 5.76. The normalized spacial score (nSPS) is 15.3. The van der Waals surface area contributed by atoms with Gasteiger partial charge < -0.3 is 14.6 Å². The number of carbonyl (C=O) groups excluding carboxylic acids is 1. The second-order valence-corrected chi connectivity index (χ2v) is 5.73. The van der Waals surface area contributed by atoms with Crippen LogP contribution >= 0.6 is 0 Å². The summed E-state index contributed by atoms with van der Waals surface area (Å²) >= 11 is 0. The molecule has 1 saturated heterocycles. The molecule has 0 aliphatic carbocycles. The zero-order chi connectivity index (χ0) is 16.9. The predicted molar refractivity (Wildman–Crippen MR) is 84.2 cm³/mol. The smallest absolute Gasteiger partial charge is 0.223 e. The van der Waals surface area contributed by atoms with Gasteiger partial charge in [-0.15, -0.1) is 0 Å². The van der Waals surface area contributed by atoms with Crippen molar-refractivity contribution in [2.24, 2.45) is 0 Å². The molecule has 2 heterocycles. The van der Waals surface area contributed by atoms with E-state index < -0.39 is 11.6 Å². The van der Waals surface area contributed by atoms with Gasteiger partial charge in [0.05, 0.1) is 11.8 Å². The van der Waals surface area contributed by atoms with E-state index in [0.717, 1.165) is 38.2 Å². The Morgan fingerprint density at radius 1 is 1.29 bits per heavy atom. The summed E-state index contributed by atoms with van der Waals surface area (Å²) in [6.45, 7) is 3.19. The number of hydrogen-bond donors (Lipinski definition) is 1. The van der Waals surface area contributed by atoms with Crippen LogP contribution in [-0.4, -0.2) is 42.0 Å². The molecular formula is C17H19F2N3O2. The highest BCUT2D eigenvalue weighted by Gasteiger charge is 2.17. The number of aromatic nitrogens is 1. The molecule has 3 rings (SSSR count). The Kier molecular flexibility index (Phi) is 5.20. The number of carbonyl (C=O) groups is 1. The maximum Gasteiger partial charge on any atom is 0.223 e. The van der Waals surface area contributed by atoms with E-state index >= 15 is 0 Å². The first-order valence-corrected chi connectivity index (χ1v) is 8.02. The molecule has 0 bridgehead atoms. The number of amides is 1. The number of oxazole rings is 1. The average molecular weight is 335 g/mol. The van der Waals surface area contributed by atoms with Crippen LogP contribution in [0.3, 0.4) is 0 Å². The quantitative estimate of drug-likeness (QED) is 0.932. The number of nitrogens with one attached hydrogen (secondary N) is 1. The lowest BCUT2D eigenvalue weighted by Crippen LogP contribution is -2.34. The van der Waals surface area contributed by atoms with Crippen molar-refractivity contribution in [3.05, 3.63) is 41.9 Å². The molecule has 1 aliphatic heterocycles. The van der Waals surface area contributed by atoms with Crippen LogP contribution in [0.5, 0.6) is 0 Å². The fourth-order valence-corrected chi connectivity index (χ4v) is 2.71. The van der Waals surface area contributed by atoms with Crippen LogP contribution < -0.4 is 5.32 Å². The van der Waals surface area contributed by atoms with Crippen LogP contribution in [-0.2, 0) is 11.2 Å². The van der Waals surface area contributed by atoms with Crippen molar-refractivity contribution >= 4 is 5.91 Å². The van der Waals surface area contributed by atoms with Gasteiger partial charge >= 0.3 is 0 Å². The third-order valence-corrected chi connectivity index (χ3v) is 4.00. The van der Waals surface area contributed by atoms with Crippen molar-refractivity contribution in [3.63, 3.8) is 0 Å². The van der Waals surface area contributed by atoms with E-state index in [1.165, 1.54) is 12.3 Å². The van der Waals surface area contributed by atoms with E-state index in [4.69, 9.17) is 4.42 Å². The van der Waals surface area contributed by atoms with E-state index in [9.17, 15) is 13.6 Å². The summed E-state index contributed by atoms with van der Waals surface area (Å²) in [5, 5.41) is 3.25. The van der Waals surface area contributed by atoms with Crippen molar-refractivity contribution < 1.29 is 18.0 Å². The van der Waals surface area contributed by atoms with Gasteiger partial charge in [-0.25, -0.2) is 13.8 Å². The fourth-order valence-electron chi connectivity index (χ4n) is 2.71. The molecule has 24 heavy (non-hydrogen) atoms. The molecule has 1 aliphatic rings. The molecule has 1 aromatic heterocycles. The molecule has 0 spiro atoms. The van der Waals surface area contributed by atoms with E-state index in [2.05, 4.69) is 10.3 Å². The minimum atomic E-state index is -0.703. The molecule has 1 amide bonds. The van der Waals surface area contributed by atoms with Gasteiger partial charge in [-0.3, -0.25) is 4.79 Å². The Morgan fingerprint density at radius 2 is 2.17 bits per heavy atom. The lowest BCUT2D eigenvalue weighted by atomic mass is 10.2. The highest BCUT2D eigenvalue weighted by Crippen LogP contribution is 2.24. The number of hydrogen-bond acceptors (Lipinski definition) is 4. The molecule has 1 aromatic carbocycles. The maximum atomic E-state index is 13.7. The van der Waals surface area contributed by atoms with Crippen LogP contribution in [0.1, 0.15) is 18.7 Å². The molecule has 0 saturated carbocycles. The van der Waals surface area contributed by atoms with Gasteiger partial charge in [-0.1, -0.05) is 0 Å². The summed E-state index contributed by atoms with van der Waals surface area (Å²) in [4.78, 5) is 18.1. The molecule has 1 N–H and O–H groups in total. The summed E-state index contributed by atoms with van der Waals surface area (Å²) in [5.41, 5.74) is 0.153. The third kappa shape index (κ3) is 3.97. The number of benzene rings is 1. The zero-order valence-corrected chi connectivity index (χ0v) is 13.2. The first-order valence-electron chi connectivity index (χ1n) is 8.02. The Balaban J connectivity index is 1.60. The van der Waals surface area contributed by atoms with Crippen LogP contribution in [0.15, 0.2) is 28.8 Å². The monoisotopic (exact) mass is 335 g/mol. The Labute approximate surface area is 138 Å². The van der Waals surface area contributed by atoms with E-state index in [-0.39, 0.29) is 17.2 Å². The number of rotatable bonds is 4. The number of aryl methyl sites for hydroxylation is 1. The predicted octanol–water partition coefficient (Wildman–Crippen LogP) is 2.37. The fraction of sp³-hybridized carbons (Fsp3) is 0.412. The largest absolute Gasteiger partial charge is 0.441 e. The molecule has 2 aromatic rings. The Morgan fingerprint density at radius 3 is 3.00 bits per heavy atom. The summed E-state index contributed by atoms with van der Waals surface area (Å²) in [6.07, 6.45) is 2.99. The zero-order valence-electron chi connectivity index (χ0n) is 13.2. The first-order chi connectivity index (χ1) is 11.6. The minimum Gasteiger partial charge on any atom is -0.441 e. The summed E-state index contributed by atoms with van der Waals surface area (Å²) in [5.74, 6) is -0.685. The molecule has 1 fully saturated rings. The van der Waals surface area contributed by atoms with Gasteiger partial charge in [-0.2, -0.15) is 0 Å². The van der Waals surface area contributed by atoms with Gasteiger partial charge in [-0.05, 0) is 25.1 Å². The van der Waals surface area contributed by atoms with Crippen LogP contribution in [0, 0.1) is 11.6 Å². The van der Waals surface area contributed by atoms with Crippen LogP contribution in [0.4, 0.5) is 8.78 Å². The van der Waals surface area contributed by atoms with Gasteiger partial charge in [0.1, 0.15) is 11.6 Å². The second kappa shape index (κ2) is 7.53. The summed E-state index contributed by atoms with van der Waals surface area (Å²) in [7, 11) is 0. The average Bonchev–Trinajstić information content (AvgIpc) is 2.85. The molecule has 128 valence electrons. The number of halogens is 2. The molecule has 5 nitrogen and oxygen atoms in total. The number of nitrogens with zero attached hydrogens (tertiary/aromatic N) is 2. The lowest BCUT2D eigenvalue weighted by molar-refractivity contribution is -0.131. The maximum absolute atomic E-state index is 13.7. The minimum absolute atomic E-state index is 0.0615. The van der Waals surface area contributed by atoms with Crippen molar-refractivity contribution in [1.29, 1.82) is 0 Å². The lowest BCUT2D eigenvalue weighted by Gasteiger charge is -2.19. The van der Waals surface area contributed by atoms with Crippen molar-refractivity contribution in [3.8, 4) is 11.3 Å². The summed E-state index contributed by atoms with van der Waals surface area (Å²) in [6, 6.07) is 3.27. The topological polar surface area (TPSA) is 58.4 Å². The molecular weight excluding hydrogens is 316 g/mol. The van der Waals surface area contributed by atoms with Gasteiger partial charge in [0.2, 0.25) is 5.91 Å². The van der Waals surface area contributed by atoms with Crippen LogP contribution in [0.2, 0.25) is 0 Å². The molecule has 0 radical (unpaired) electrons. The third-order valence-electron chi connectivity index (χ3n) is 4.00. The van der Waals surface area contributed by atoms with E-state index in [1.807, 2.05) is 4.90 Å². The van der Waals surface area contributed by atoms with Crippen molar-refractivity contribution in [2.75, 3.05) is 26.2 Å². The van der Waals surface area contributed by atoms with Crippen molar-refractivity contribution in [1.82, 2.24) is 15.2 Å². The Bertz CT molecular complexity index is 710. The van der Waals surface area contributed by atoms with Gasteiger partial charge in [0.15, 0.2) is 11.7 Å². The second-order valence-electron chi connectivity index (χ2n) is 5.73. The first kappa shape index (κ1) is 16.6. The standard InChI is InChI=1S/C17H19F2N3O2/c18-12-2-3-13(14(19)10-12)15-11-21-16(24-15)4-5-17(23)22-8-1-6-20-7-9-22/h2-3,10-11,20H,1,4-9H2. The molecule has 7 heteroatoms.